The van der Waals surface area contributed by atoms with Gasteiger partial charge in [-0.2, -0.15) is 33.7 Å². The summed E-state index contributed by atoms with van der Waals surface area (Å²) in [6, 6.07) is 12.1. The zero-order valence-corrected chi connectivity index (χ0v) is 19.6. The Balaban J connectivity index is 1.76. The van der Waals surface area contributed by atoms with E-state index in [9.17, 15) is 41.3 Å². The Morgan fingerprint density at radius 2 is 1.12 bits per heavy atom. The molecule has 0 unspecified atom stereocenters. The van der Waals surface area contributed by atoms with Crippen LogP contribution in [0.2, 0.25) is 0 Å². The van der Waals surface area contributed by atoms with Gasteiger partial charge in [0.05, 0.1) is 21.7 Å². The molecule has 6 rings (SSSR count). The van der Waals surface area contributed by atoms with Crippen molar-refractivity contribution in [3.63, 3.8) is 0 Å². The first-order valence-corrected chi connectivity index (χ1v) is 11.4. The number of alkyl halides is 3. The summed E-state index contributed by atoms with van der Waals surface area (Å²) in [6.45, 7) is 0. The molecule has 6 aromatic carbocycles. The summed E-state index contributed by atoms with van der Waals surface area (Å²) in [5.41, 5.74) is -0.213. The molecule has 0 fully saturated rings. The third kappa shape index (κ3) is 3.45. The van der Waals surface area contributed by atoms with Gasteiger partial charge in [0.25, 0.3) is 0 Å². The molecule has 0 saturated carbocycles. The lowest BCUT2D eigenvalue weighted by atomic mass is 10.0. The molecule has 11 heteroatoms. The summed E-state index contributed by atoms with van der Waals surface area (Å²) in [6.07, 6.45) is -1.44. The first-order valence-electron chi connectivity index (χ1n) is 11.4. The van der Waals surface area contributed by atoms with Crippen LogP contribution in [0.25, 0.3) is 54.2 Å². The number of hydrogen-bond donors (Lipinski definition) is 0. The normalized spacial score (nSPS) is 13.1. The minimum atomic E-state index is -4.56. The van der Waals surface area contributed by atoms with Crippen LogP contribution in [0.5, 0.6) is 0 Å². The maximum atomic E-state index is 15.0. The van der Waals surface area contributed by atoms with Gasteiger partial charge in [-0.15, -0.1) is 0 Å². The second kappa shape index (κ2) is 8.61. The fourth-order valence-corrected chi connectivity index (χ4v) is 5.17. The minimum Gasteiger partial charge on any atom is -0.203 e. The van der Waals surface area contributed by atoms with Gasteiger partial charge >= 0.3 is 6.18 Å². The van der Waals surface area contributed by atoms with Crippen LogP contribution < -0.4 is 10.7 Å². The van der Waals surface area contributed by atoms with Crippen LogP contribution in [0, 0.1) is 46.2 Å². The minimum absolute atomic E-state index is 0.0178. The largest absolute Gasteiger partial charge is 0.416 e. The zero-order chi connectivity index (χ0) is 28.5. The number of nitrogens with zero attached hydrogens (tertiary/aromatic N) is 4. The van der Waals surface area contributed by atoms with Crippen molar-refractivity contribution < 1.29 is 30.7 Å². The quantitative estimate of drug-likeness (QED) is 0.0949. The summed E-state index contributed by atoms with van der Waals surface area (Å²) in [4.78, 5) is 7.41. The van der Waals surface area contributed by atoms with E-state index in [1.807, 2.05) is 0 Å². The summed E-state index contributed by atoms with van der Waals surface area (Å²) in [7, 11) is 0. The molecule has 0 bridgehead atoms. The van der Waals surface area contributed by atoms with Crippen molar-refractivity contribution in [1.29, 1.82) is 10.5 Å². The number of halogens is 7. The van der Waals surface area contributed by atoms with E-state index in [-0.39, 0.29) is 27.1 Å². The Bertz CT molecular complexity index is 2280. The molecule has 0 aliphatic heterocycles. The molecule has 194 valence electrons. The molecule has 0 atom stereocenters. The highest BCUT2D eigenvalue weighted by Gasteiger charge is 2.30. The van der Waals surface area contributed by atoms with Crippen molar-refractivity contribution in [2.75, 3.05) is 0 Å². The molecule has 0 aliphatic rings. The third-order valence-corrected chi connectivity index (χ3v) is 6.85. The molecule has 0 aliphatic carbocycles. The molecule has 0 radical (unpaired) electrons. The maximum absolute atomic E-state index is 15.0. The molecule has 0 heterocycles. The van der Waals surface area contributed by atoms with E-state index in [0.717, 1.165) is 12.1 Å². The lowest BCUT2D eigenvalue weighted by Gasteiger charge is -2.09. The SMILES string of the molecule is N#C/N=c1/c2cc3c(cc2c2c(F)c(F)c(F)c(F)c12)/c(=N/C#N)c1cc(-c2cccc(C(F)(F)F)c2)ccc13. The van der Waals surface area contributed by atoms with Crippen molar-refractivity contribution in [3.8, 4) is 23.5 Å². The molecular formula is C29H9F7N4. The standard InChI is InChI=1S/C29H9F7N4/c30-23-21-17-9-19-16(8-20(17)28(40-11-38)22(21)24(31)26(33)25(23)32)15-5-4-13(7-18(15)27(19)39-10-37)12-2-1-3-14(6-12)29(34,35)36/h1-9H/b39-27+,40-28-. The highest BCUT2D eigenvalue weighted by atomic mass is 19.4. The smallest absolute Gasteiger partial charge is 0.203 e. The van der Waals surface area contributed by atoms with Crippen LogP contribution in [-0.4, -0.2) is 0 Å². The molecule has 0 aromatic heterocycles. The Kier molecular flexibility index (Phi) is 5.39. The number of rotatable bonds is 1. The highest BCUT2D eigenvalue weighted by molar-refractivity contribution is 6.21. The summed E-state index contributed by atoms with van der Waals surface area (Å²) >= 11 is 0. The molecule has 0 saturated heterocycles. The van der Waals surface area contributed by atoms with Crippen LogP contribution >= 0.6 is 0 Å². The molecule has 0 spiro atoms. The van der Waals surface area contributed by atoms with Crippen LogP contribution in [-0.2, 0) is 6.18 Å². The summed E-state index contributed by atoms with van der Waals surface area (Å²) < 4.78 is 97.9. The summed E-state index contributed by atoms with van der Waals surface area (Å²) in [5, 5.41) is 18.3. The molecule has 6 aromatic rings. The first kappa shape index (κ1) is 25.0. The van der Waals surface area contributed by atoms with Gasteiger partial charge in [0.2, 0.25) is 12.4 Å². The summed E-state index contributed by atoms with van der Waals surface area (Å²) in [5.74, 6) is -7.49. The van der Waals surface area contributed by atoms with Crippen molar-refractivity contribution in [3.05, 3.63) is 94.1 Å². The predicted molar refractivity (Wildman–Crippen MR) is 131 cm³/mol. The number of benzene rings is 4. The topological polar surface area (TPSA) is 72.3 Å². The van der Waals surface area contributed by atoms with E-state index in [1.165, 1.54) is 30.5 Å². The second-order valence-corrected chi connectivity index (χ2v) is 8.91. The van der Waals surface area contributed by atoms with E-state index >= 15 is 0 Å². The van der Waals surface area contributed by atoms with Gasteiger partial charge in [0.15, 0.2) is 23.3 Å². The molecule has 4 nitrogen and oxygen atoms in total. The van der Waals surface area contributed by atoms with Gasteiger partial charge in [0.1, 0.15) is 0 Å². The lowest BCUT2D eigenvalue weighted by Crippen LogP contribution is -2.04. The van der Waals surface area contributed by atoms with Crippen LogP contribution in [0.1, 0.15) is 5.56 Å². The Hall–Kier alpha value is -5.29. The van der Waals surface area contributed by atoms with Crippen molar-refractivity contribution in [1.82, 2.24) is 0 Å². The number of hydrogen-bond acceptors (Lipinski definition) is 4. The van der Waals surface area contributed by atoms with E-state index in [0.29, 0.717) is 21.7 Å². The van der Waals surface area contributed by atoms with Crippen LogP contribution in [0.4, 0.5) is 30.7 Å². The average molecular weight is 546 g/mol. The third-order valence-electron chi connectivity index (χ3n) is 6.85. The lowest BCUT2D eigenvalue weighted by molar-refractivity contribution is -0.137. The van der Waals surface area contributed by atoms with E-state index in [4.69, 9.17) is 0 Å². The van der Waals surface area contributed by atoms with Crippen molar-refractivity contribution in [2.45, 2.75) is 6.18 Å². The van der Waals surface area contributed by atoms with Crippen LogP contribution in [0.15, 0.2) is 64.6 Å². The fraction of sp³-hybridized carbons (Fsp3) is 0.0345. The predicted octanol–water partition coefficient (Wildman–Crippen LogP) is 7.18. The van der Waals surface area contributed by atoms with Crippen molar-refractivity contribution >= 4 is 43.1 Å². The molecule has 0 N–H and O–H groups in total. The number of nitriles is 2. The number of fused-ring (bicyclic) bond motifs is 6. The Morgan fingerprint density at radius 1 is 0.550 bits per heavy atom. The zero-order valence-electron chi connectivity index (χ0n) is 19.6. The monoisotopic (exact) mass is 546 g/mol. The second-order valence-electron chi connectivity index (χ2n) is 8.91. The molecular weight excluding hydrogens is 537 g/mol. The maximum Gasteiger partial charge on any atom is 0.416 e. The van der Waals surface area contributed by atoms with E-state index in [2.05, 4.69) is 9.98 Å². The first-order chi connectivity index (χ1) is 19.1. The van der Waals surface area contributed by atoms with Gasteiger partial charge in [-0.1, -0.05) is 24.3 Å². The molecule has 0 amide bonds. The van der Waals surface area contributed by atoms with E-state index in [1.54, 1.807) is 24.4 Å². The highest BCUT2D eigenvalue weighted by Crippen LogP contribution is 2.37. The Morgan fingerprint density at radius 3 is 1.80 bits per heavy atom. The van der Waals surface area contributed by atoms with Gasteiger partial charge < -0.3 is 0 Å². The van der Waals surface area contributed by atoms with Crippen LogP contribution in [0.3, 0.4) is 0 Å². The van der Waals surface area contributed by atoms with Gasteiger partial charge in [0, 0.05) is 21.5 Å². The fourth-order valence-electron chi connectivity index (χ4n) is 5.17. The van der Waals surface area contributed by atoms with Crippen molar-refractivity contribution in [2.24, 2.45) is 9.98 Å². The Labute approximate surface area is 218 Å². The average Bonchev–Trinajstić information content (AvgIpc) is 3.41. The van der Waals surface area contributed by atoms with E-state index < -0.39 is 51.1 Å². The van der Waals surface area contributed by atoms with Gasteiger partial charge in [-0.05, 0) is 57.6 Å². The molecule has 40 heavy (non-hydrogen) atoms. The van der Waals surface area contributed by atoms with Gasteiger partial charge in [-0.3, -0.25) is 0 Å². The van der Waals surface area contributed by atoms with Gasteiger partial charge in [-0.25, -0.2) is 17.6 Å².